The minimum Gasteiger partial charge on any atom is -0.456 e. The Hall–Kier alpha value is -4.94. The molecule has 0 aliphatic carbocycles. The predicted octanol–water partition coefficient (Wildman–Crippen LogP) is 8.25. The van der Waals surface area contributed by atoms with Crippen molar-refractivity contribution < 1.29 is 9.15 Å². The van der Waals surface area contributed by atoms with Crippen LogP contribution < -0.4 is 20.5 Å². The van der Waals surface area contributed by atoms with Crippen LogP contribution in [0.25, 0.3) is 42.1 Å². The molecule has 8 rings (SSSR count). The Kier molecular flexibility index (Phi) is 4.33. The summed E-state index contributed by atoms with van der Waals surface area (Å²) in [4.78, 5) is 29.6. The molecule has 180 valence electrons. The lowest BCUT2D eigenvalue weighted by Crippen LogP contribution is -2.18. The van der Waals surface area contributed by atoms with E-state index in [1.54, 1.807) is 6.07 Å². The van der Waals surface area contributed by atoms with Crippen LogP contribution in [0.2, 0.25) is 0 Å². The van der Waals surface area contributed by atoms with Crippen LogP contribution in [-0.4, -0.2) is 0 Å². The number of hydrogen-bond acceptors (Lipinski definition) is 6. The van der Waals surface area contributed by atoms with Crippen molar-refractivity contribution >= 4 is 70.5 Å². The van der Waals surface area contributed by atoms with E-state index in [2.05, 4.69) is 0 Å². The van der Waals surface area contributed by atoms with Gasteiger partial charge in [-0.2, -0.15) is 0 Å². The highest BCUT2D eigenvalue weighted by molar-refractivity contribution is 7.24. The summed E-state index contributed by atoms with van der Waals surface area (Å²) >= 11 is 1.52. The molecule has 3 heterocycles. The molecule has 7 aromatic rings. The second-order valence-corrected chi connectivity index (χ2v) is 10.3. The topological polar surface area (TPSA) is 59.8 Å². The van der Waals surface area contributed by atoms with Crippen molar-refractivity contribution in [2.24, 2.45) is 0 Å². The van der Waals surface area contributed by atoms with Gasteiger partial charge in [0.15, 0.2) is 16.9 Å². The molecule has 0 N–H and O–H groups in total. The van der Waals surface area contributed by atoms with E-state index in [9.17, 15) is 9.59 Å². The summed E-state index contributed by atoms with van der Waals surface area (Å²) in [7, 11) is 0. The van der Waals surface area contributed by atoms with Crippen molar-refractivity contribution in [3.63, 3.8) is 0 Å². The first kappa shape index (κ1) is 21.2. The Balaban J connectivity index is 1.47. The minimum atomic E-state index is -0.183. The molecule has 38 heavy (non-hydrogen) atoms. The van der Waals surface area contributed by atoms with Gasteiger partial charge in [0.25, 0.3) is 0 Å². The van der Waals surface area contributed by atoms with Crippen molar-refractivity contribution in [3.8, 4) is 11.5 Å². The standard InChI is InChI=1S/C32H17NO4S/c34-31-18-8-1-6-15-28(18)38-29-17-27-19(16-20(29)31)32(35)30-23(11-7-14-26(30)37-27)33-21-9-2-4-12-24(21)36-25-13-5-3-10-22(25)33/h1-17H. The van der Waals surface area contributed by atoms with Crippen LogP contribution in [0.4, 0.5) is 17.1 Å². The lowest BCUT2D eigenvalue weighted by atomic mass is 10.1. The number of para-hydroxylation sites is 4. The molecule has 0 atom stereocenters. The summed E-state index contributed by atoms with van der Waals surface area (Å²) < 4.78 is 14.2. The Morgan fingerprint density at radius 2 is 1.24 bits per heavy atom. The molecule has 2 aromatic heterocycles. The molecule has 0 fully saturated rings. The lowest BCUT2D eigenvalue weighted by molar-refractivity contribution is 0.477. The highest BCUT2D eigenvalue weighted by Crippen LogP contribution is 2.51. The van der Waals surface area contributed by atoms with Gasteiger partial charge in [-0.1, -0.05) is 42.5 Å². The third kappa shape index (κ3) is 2.92. The Labute approximate surface area is 219 Å². The SMILES string of the molecule is O=c1c2ccccc2sc2cc3oc4cccc(N5c6ccccc6Oc6ccccc65)c4c(=O)c3cc12. The molecule has 0 amide bonds. The van der Waals surface area contributed by atoms with E-state index in [0.717, 1.165) is 20.8 Å². The molecule has 0 bridgehead atoms. The smallest absolute Gasteiger partial charge is 0.202 e. The summed E-state index contributed by atoms with van der Waals surface area (Å²) in [5.74, 6) is 1.40. The van der Waals surface area contributed by atoms with E-state index in [1.807, 2.05) is 102 Å². The fourth-order valence-corrected chi connectivity index (χ4v) is 6.41. The molecule has 0 unspecified atom stereocenters. The largest absolute Gasteiger partial charge is 0.456 e. The summed E-state index contributed by atoms with van der Waals surface area (Å²) in [5, 5.41) is 2.00. The zero-order chi connectivity index (χ0) is 25.4. The van der Waals surface area contributed by atoms with E-state index in [4.69, 9.17) is 9.15 Å². The van der Waals surface area contributed by atoms with Crippen LogP contribution in [-0.2, 0) is 0 Å². The number of ether oxygens (including phenoxy) is 1. The second kappa shape index (κ2) is 7.78. The second-order valence-electron chi connectivity index (χ2n) is 9.23. The molecule has 6 heteroatoms. The summed E-state index contributed by atoms with van der Waals surface area (Å²) in [5.41, 5.74) is 3.01. The minimum absolute atomic E-state index is 0.0833. The van der Waals surface area contributed by atoms with Gasteiger partial charge in [0.1, 0.15) is 11.2 Å². The maximum absolute atomic E-state index is 14.2. The number of fused-ring (bicyclic) bond motifs is 6. The molecule has 0 saturated carbocycles. The Morgan fingerprint density at radius 3 is 2.03 bits per heavy atom. The van der Waals surface area contributed by atoms with Crippen LogP contribution in [0.3, 0.4) is 0 Å². The maximum atomic E-state index is 14.2. The zero-order valence-electron chi connectivity index (χ0n) is 19.8. The van der Waals surface area contributed by atoms with Gasteiger partial charge in [0, 0.05) is 20.2 Å². The quantitative estimate of drug-likeness (QED) is 0.208. The van der Waals surface area contributed by atoms with Gasteiger partial charge in [-0.25, -0.2) is 0 Å². The molecule has 1 aliphatic rings. The fraction of sp³-hybridized carbons (Fsp3) is 0. The van der Waals surface area contributed by atoms with Gasteiger partial charge in [-0.3, -0.25) is 9.59 Å². The van der Waals surface area contributed by atoms with Gasteiger partial charge in [0.2, 0.25) is 5.43 Å². The van der Waals surface area contributed by atoms with Crippen molar-refractivity contribution in [2.75, 3.05) is 4.90 Å². The maximum Gasteiger partial charge on any atom is 0.202 e. The van der Waals surface area contributed by atoms with Gasteiger partial charge < -0.3 is 14.1 Å². The van der Waals surface area contributed by atoms with Crippen LogP contribution in [0.1, 0.15) is 0 Å². The molecule has 0 spiro atoms. The predicted molar refractivity (Wildman–Crippen MR) is 154 cm³/mol. The summed E-state index contributed by atoms with van der Waals surface area (Å²) in [6.07, 6.45) is 0. The molecular weight excluding hydrogens is 494 g/mol. The molecular formula is C32H17NO4S. The lowest BCUT2D eigenvalue weighted by Gasteiger charge is -2.33. The molecule has 0 saturated heterocycles. The number of anilines is 3. The van der Waals surface area contributed by atoms with Crippen LogP contribution in [0, 0.1) is 0 Å². The Bertz CT molecular complexity index is 2190. The van der Waals surface area contributed by atoms with E-state index in [-0.39, 0.29) is 10.9 Å². The van der Waals surface area contributed by atoms with E-state index in [0.29, 0.717) is 49.9 Å². The summed E-state index contributed by atoms with van der Waals surface area (Å²) in [6, 6.07) is 32.2. The van der Waals surface area contributed by atoms with Crippen molar-refractivity contribution in [2.45, 2.75) is 0 Å². The first-order chi connectivity index (χ1) is 18.7. The molecule has 1 aliphatic heterocycles. The highest BCUT2D eigenvalue weighted by Gasteiger charge is 2.28. The number of benzene rings is 5. The van der Waals surface area contributed by atoms with Gasteiger partial charge >= 0.3 is 0 Å². The van der Waals surface area contributed by atoms with Crippen molar-refractivity contribution in [1.82, 2.24) is 0 Å². The monoisotopic (exact) mass is 511 g/mol. The van der Waals surface area contributed by atoms with E-state index in [1.165, 1.54) is 11.3 Å². The highest BCUT2D eigenvalue weighted by atomic mass is 32.1. The van der Waals surface area contributed by atoms with E-state index < -0.39 is 0 Å². The van der Waals surface area contributed by atoms with Gasteiger partial charge in [-0.05, 0) is 60.7 Å². The molecule has 5 nitrogen and oxygen atoms in total. The summed E-state index contributed by atoms with van der Waals surface area (Å²) in [6.45, 7) is 0. The van der Waals surface area contributed by atoms with Crippen molar-refractivity contribution in [3.05, 3.63) is 124 Å². The third-order valence-electron chi connectivity index (χ3n) is 7.05. The van der Waals surface area contributed by atoms with Gasteiger partial charge in [0.05, 0.1) is 27.8 Å². The molecule has 5 aromatic carbocycles. The van der Waals surface area contributed by atoms with Crippen LogP contribution in [0.5, 0.6) is 11.5 Å². The average molecular weight is 512 g/mol. The first-order valence-corrected chi connectivity index (χ1v) is 13.0. The number of hydrogen-bond donors (Lipinski definition) is 0. The molecule has 0 radical (unpaired) electrons. The van der Waals surface area contributed by atoms with Crippen LogP contribution in [0.15, 0.2) is 117 Å². The third-order valence-corrected chi connectivity index (χ3v) is 8.18. The van der Waals surface area contributed by atoms with Crippen LogP contribution >= 0.6 is 11.3 Å². The average Bonchev–Trinajstić information content (AvgIpc) is 2.95. The number of rotatable bonds is 1. The Morgan fingerprint density at radius 1 is 0.553 bits per heavy atom. The zero-order valence-corrected chi connectivity index (χ0v) is 20.6. The normalized spacial score (nSPS) is 12.6. The first-order valence-electron chi connectivity index (χ1n) is 12.2. The van der Waals surface area contributed by atoms with E-state index >= 15 is 0 Å². The number of nitrogens with zero attached hydrogens (tertiary/aromatic N) is 1. The fourth-order valence-electron chi connectivity index (χ4n) is 5.33. The van der Waals surface area contributed by atoms with Crippen molar-refractivity contribution in [1.29, 1.82) is 0 Å². The van der Waals surface area contributed by atoms with Gasteiger partial charge in [-0.15, -0.1) is 11.3 Å².